The summed E-state index contributed by atoms with van der Waals surface area (Å²) in [6, 6.07) is 14.5. The highest BCUT2D eigenvalue weighted by molar-refractivity contribution is 9.10. The Labute approximate surface area is 176 Å². The molecule has 0 spiro atoms. The van der Waals surface area contributed by atoms with Crippen LogP contribution in [0.2, 0.25) is 0 Å². The third-order valence-electron chi connectivity index (χ3n) is 4.11. The number of hydrogen-bond donors (Lipinski definition) is 3. The predicted octanol–water partition coefficient (Wildman–Crippen LogP) is 2.15. The molecule has 0 atom stereocenters. The maximum Gasteiger partial charge on any atom is 0.288 e. The molecule has 9 heteroatoms. The number of hydrogen-bond acceptors (Lipinski definition) is 5. The fraction of sp³-hybridized carbons (Fsp3) is 0.200. The lowest BCUT2D eigenvalue weighted by Crippen LogP contribution is -2.55. The Morgan fingerprint density at radius 3 is 2.52 bits per heavy atom. The molecule has 0 fully saturated rings. The van der Waals surface area contributed by atoms with Gasteiger partial charge < -0.3 is 10.6 Å². The van der Waals surface area contributed by atoms with Gasteiger partial charge in [0.15, 0.2) is 0 Å². The minimum absolute atomic E-state index is 0.0264. The molecule has 3 amide bonds. The molecule has 2 aromatic rings. The van der Waals surface area contributed by atoms with Gasteiger partial charge in [0, 0.05) is 23.1 Å². The molecule has 0 unspecified atom stereocenters. The van der Waals surface area contributed by atoms with E-state index in [1.165, 1.54) is 5.01 Å². The molecule has 0 radical (unpaired) electrons. The second-order valence-corrected chi connectivity index (χ2v) is 7.32. The highest BCUT2D eigenvalue weighted by Gasteiger charge is 2.25. The average molecular weight is 458 g/mol. The van der Waals surface area contributed by atoms with Crippen LogP contribution in [0.1, 0.15) is 12.0 Å². The third-order valence-corrected chi connectivity index (χ3v) is 4.64. The van der Waals surface area contributed by atoms with Gasteiger partial charge in [-0.2, -0.15) is 0 Å². The number of carbonyl (C=O) groups is 3. The van der Waals surface area contributed by atoms with Crippen LogP contribution in [0.5, 0.6) is 0 Å². The van der Waals surface area contributed by atoms with Crippen LogP contribution < -0.4 is 21.1 Å². The highest BCUT2D eigenvalue weighted by Crippen LogP contribution is 2.15. The molecule has 1 aliphatic rings. The number of carbonyl (C=O) groups excluding carboxylic acids is 3. The minimum atomic E-state index is -0.481. The van der Waals surface area contributed by atoms with Crippen molar-refractivity contribution in [2.45, 2.75) is 13.3 Å². The number of nitrogens with zero attached hydrogens (tertiary/aromatic N) is 2. The van der Waals surface area contributed by atoms with E-state index in [2.05, 4.69) is 37.0 Å². The molecule has 3 N–H and O–H groups in total. The van der Waals surface area contributed by atoms with Crippen molar-refractivity contribution in [3.63, 3.8) is 0 Å². The van der Waals surface area contributed by atoms with Crippen molar-refractivity contribution in [3.05, 3.63) is 58.6 Å². The van der Waals surface area contributed by atoms with Gasteiger partial charge >= 0.3 is 0 Å². The number of hydrazine groups is 1. The second kappa shape index (κ2) is 9.33. The Hall–Kier alpha value is -3.20. The summed E-state index contributed by atoms with van der Waals surface area (Å²) in [6.45, 7) is 1.95. The van der Waals surface area contributed by atoms with Crippen molar-refractivity contribution < 1.29 is 14.4 Å². The third kappa shape index (κ3) is 5.64. The van der Waals surface area contributed by atoms with Crippen molar-refractivity contribution in [1.82, 2.24) is 10.7 Å². The van der Waals surface area contributed by atoms with Gasteiger partial charge in [-0.05, 0) is 43.3 Å². The molecule has 0 bridgehead atoms. The zero-order chi connectivity index (χ0) is 20.8. The van der Waals surface area contributed by atoms with Gasteiger partial charge in [-0.15, -0.1) is 0 Å². The molecule has 0 aliphatic carbocycles. The molecule has 1 aliphatic heterocycles. The number of nitrogens with one attached hydrogen (secondary N) is 3. The lowest BCUT2D eigenvalue weighted by Gasteiger charge is -2.27. The van der Waals surface area contributed by atoms with E-state index in [0.29, 0.717) is 11.4 Å². The largest absolute Gasteiger partial charge is 0.349 e. The van der Waals surface area contributed by atoms with Crippen molar-refractivity contribution in [1.29, 1.82) is 0 Å². The Morgan fingerprint density at radius 1 is 1.14 bits per heavy atom. The summed E-state index contributed by atoms with van der Waals surface area (Å²) in [5.74, 6) is -0.938. The first-order chi connectivity index (χ1) is 13.9. The average Bonchev–Trinajstić information content (AvgIpc) is 2.71. The molecular formula is C20H20BrN5O3. The predicted molar refractivity (Wildman–Crippen MR) is 115 cm³/mol. The zero-order valence-corrected chi connectivity index (χ0v) is 17.3. The van der Waals surface area contributed by atoms with Gasteiger partial charge in [0.25, 0.3) is 11.8 Å². The highest BCUT2D eigenvalue weighted by atomic mass is 79.9. The van der Waals surface area contributed by atoms with Gasteiger partial charge in [0.05, 0.1) is 5.69 Å². The summed E-state index contributed by atoms with van der Waals surface area (Å²) >= 11 is 3.33. The Morgan fingerprint density at radius 2 is 1.83 bits per heavy atom. The van der Waals surface area contributed by atoms with Crippen LogP contribution in [0.25, 0.3) is 0 Å². The first-order valence-corrected chi connectivity index (χ1v) is 9.76. The maximum atomic E-state index is 12.3. The topological polar surface area (TPSA) is 103 Å². The van der Waals surface area contributed by atoms with E-state index in [1.54, 1.807) is 24.3 Å². The first kappa shape index (κ1) is 20.5. The second-order valence-electron chi connectivity index (χ2n) is 6.40. The monoisotopic (exact) mass is 457 g/mol. The molecule has 0 aromatic heterocycles. The molecule has 150 valence electrons. The fourth-order valence-electron chi connectivity index (χ4n) is 2.58. The molecule has 1 heterocycles. The van der Waals surface area contributed by atoms with Crippen LogP contribution in [0, 0.1) is 6.92 Å². The molecule has 0 saturated carbocycles. The number of rotatable bonds is 6. The van der Waals surface area contributed by atoms with Crippen molar-refractivity contribution >= 4 is 50.9 Å². The smallest absolute Gasteiger partial charge is 0.288 e. The summed E-state index contributed by atoms with van der Waals surface area (Å²) in [5, 5.41) is 6.68. The van der Waals surface area contributed by atoms with E-state index in [4.69, 9.17) is 0 Å². The van der Waals surface area contributed by atoms with Crippen LogP contribution in [-0.4, -0.2) is 36.6 Å². The zero-order valence-electron chi connectivity index (χ0n) is 15.7. The van der Waals surface area contributed by atoms with Crippen LogP contribution in [0.3, 0.4) is 0 Å². The van der Waals surface area contributed by atoms with E-state index in [9.17, 15) is 14.4 Å². The summed E-state index contributed by atoms with van der Waals surface area (Å²) < 4.78 is 0.918. The van der Waals surface area contributed by atoms with Crippen molar-refractivity contribution in [2.24, 2.45) is 4.99 Å². The Kier molecular flexibility index (Phi) is 6.61. The normalized spacial score (nSPS) is 13.4. The van der Waals surface area contributed by atoms with E-state index < -0.39 is 5.91 Å². The summed E-state index contributed by atoms with van der Waals surface area (Å²) in [5.41, 5.74) is 5.10. The summed E-state index contributed by atoms with van der Waals surface area (Å²) in [7, 11) is 0. The van der Waals surface area contributed by atoms with E-state index in [0.717, 1.165) is 10.0 Å². The van der Waals surface area contributed by atoms with Crippen LogP contribution in [0.15, 0.2) is 58.0 Å². The standard InChI is InChI=1S/C20H20BrN5O3/c1-13-2-8-16(9-3-13)26-18(28)12-23-19(25-26)20(29)22-11-10-17(27)24-15-6-4-14(21)5-7-15/h2-9H,10-12H2,1H3,(H,22,29)(H,23,25)(H,24,27). The van der Waals surface area contributed by atoms with Crippen LogP contribution in [0.4, 0.5) is 11.4 Å². The summed E-state index contributed by atoms with van der Waals surface area (Å²) in [6.07, 6.45) is 0.107. The van der Waals surface area contributed by atoms with Gasteiger partial charge in [0.1, 0.15) is 6.54 Å². The molecule has 3 rings (SSSR count). The molecular weight excluding hydrogens is 438 g/mol. The van der Waals surface area contributed by atoms with Gasteiger partial charge in [-0.25, -0.2) is 5.01 Å². The van der Waals surface area contributed by atoms with E-state index in [-0.39, 0.29) is 37.2 Å². The SMILES string of the molecule is Cc1ccc(N2NC(C(=O)NCCC(=O)Nc3ccc(Br)cc3)=NCC2=O)cc1. The number of halogens is 1. The Bertz CT molecular complexity index is 942. The number of anilines is 2. The first-order valence-electron chi connectivity index (χ1n) is 8.97. The quantitative estimate of drug-likeness (QED) is 0.618. The lowest BCUT2D eigenvalue weighted by molar-refractivity contribution is -0.118. The van der Waals surface area contributed by atoms with E-state index in [1.807, 2.05) is 31.2 Å². The van der Waals surface area contributed by atoms with Gasteiger partial charge in [0.2, 0.25) is 11.7 Å². The number of amidine groups is 1. The van der Waals surface area contributed by atoms with E-state index >= 15 is 0 Å². The van der Waals surface area contributed by atoms with Crippen LogP contribution >= 0.6 is 15.9 Å². The lowest BCUT2D eigenvalue weighted by atomic mass is 10.2. The molecule has 0 saturated heterocycles. The summed E-state index contributed by atoms with van der Waals surface area (Å²) in [4.78, 5) is 40.4. The Balaban J connectivity index is 1.49. The van der Waals surface area contributed by atoms with Crippen molar-refractivity contribution in [3.8, 4) is 0 Å². The molecule has 2 aromatic carbocycles. The van der Waals surface area contributed by atoms with Crippen molar-refractivity contribution in [2.75, 3.05) is 23.4 Å². The maximum absolute atomic E-state index is 12.3. The minimum Gasteiger partial charge on any atom is -0.349 e. The van der Waals surface area contributed by atoms with Gasteiger partial charge in [-0.3, -0.25) is 24.8 Å². The number of aryl methyl sites for hydroxylation is 1. The van der Waals surface area contributed by atoms with Crippen LogP contribution in [-0.2, 0) is 14.4 Å². The molecule has 8 nitrogen and oxygen atoms in total. The molecule has 29 heavy (non-hydrogen) atoms. The number of benzene rings is 2. The van der Waals surface area contributed by atoms with Gasteiger partial charge in [-0.1, -0.05) is 33.6 Å². The fourth-order valence-corrected chi connectivity index (χ4v) is 2.84. The number of amides is 3. The number of aliphatic imine (C=N–C) groups is 1.